The highest BCUT2D eigenvalue weighted by molar-refractivity contribution is 5.78. The van der Waals surface area contributed by atoms with Crippen LogP contribution in [0.5, 0.6) is 11.5 Å². The molecule has 2 aromatic carbocycles. The van der Waals surface area contributed by atoms with Crippen LogP contribution in [0.1, 0.15) is 19.8 Å². The number of nitrogen functional groups attached to an aromatic ring is 1. The fraction of sp³-hybridized carbons (Fsp3) is 0.273. The lowest BCUT2D eigenvalue weighted by molar-refractivity contribution is 0.437. The minimum absolute atomic E-state index is 0.585. The van der Waals surface area contributed by atoms with E-state index in [1.807, 2.05) is 54.6 Å². The lowest BCUT2D eigenvalue weighted by Gasteiger charge is -2.32. The zero-order chi connectivity index (χ0) is 19.3. The van der Waals surface area contributed by atoms with Crippen LogP contribution in [0, 0.1) is 5.92 Å². The summed E-state index contributed by atoms with van der Waals surface area (Å²) < 4.78 is 5.83. The molecule has 0 atom stereocenters. The van der Waals surface area contributed by atoms with E-state index in [1.54, 1.807) is 6.33 Å². The van der Waals surface area contributed by atoms with E-state index in [1.165, 1.54) is 0 Å². The third-order valence-corrected chi connectivity index (χ3v) is 5.04. The predicted octanol–water partition coefficient (Wildman–Crippen LogP) is 4.83. The second-order valence-electron chi connectivity index (χ2n) is 7.19. The summed E-state index contributed by atoms with van der Waals surface area (Å²) in [4.78, 5) is 11.0. The van der Waals surface area contributed by atoms with Crippen molar-refractivity contribution in [1.82, 2.24) is 9.97 Å². The highest BCUT2D eigenvalue weighted by atomic mass is 16.5. The van der Waals surface area contributed by atoms with Crippen LogP contribution in [0.25, 0.3) is 0 Å². The highest BCUT2D eigenvalue weighted by Gasteiger charge is 2.20. The number of piperidine rings is 1. The van der Waals surface area contributed by atoms with Crippen molar-refractivity contribution in [2.45, 2.75) is 19.8 Å². The van der Waals surface area contributed by atoms with Gasteiger partial charge in [-0.2, -0.15) is 0 Å². The summed E-state index contributed by atoms with van der Waals surface area (Å²) in [5.74, 6) is 3.78. The topological polar surface area (TPSA) is 76.3 Å². The van der Waals surface area contributed by atoms with Crippen LogP contribution >= 0.6 is 0 Å². The average molecular weight is 375 g/mol. The Kier molecular flexibility index (Phi) is 5.28. The van der Waals surface area contributed by atoms with E-state index >= 15 is 0 Å². The van der Waals surface area contributed by atoms with Gasteiger partial charge in [-0.25, -0.2) is 9.97 Å². The molecule has 0 amide bonds. The van der Waals surface area contributed by atoms with Crippen LogP contribution in [0.3, 0.4) is 0 Å². The molecule has 28 heavy (non-hydrogen) atoms. The molecule has 144 valence electrons. The SMILES string of the molecule is CC1CCN(c2ncnc(Nc3ccc(Oc4ccccc4)cc3)c2N)CC1. The summed E-state index contributed by atoms with van der Waals surface area (Å²) in [5, 5.41) is 3.29. The maximum Gasteiger partial charge on any atom is 0.159 e. The summed E-state index contributed by atoms with van der Waals surface area (Å²) >= 11 is 0. The number of aromatic nitrogens is 2. The van der Waals surface area contributed by atoms with Crippen LogP contribution in [0.4, 0.5) is 23.0 Å². The number of nitrogens with one attached hydrogen (secondary N) is 1. The van der Waals surface area contributed by atoms with Crippen molar-refractivity contribution in [2.24, 2.45) is 5.92 Å². The molecular weight excluding hydrogens is 350 g/mol. The molecule has 1 aliphatic heterocycles. The molecule has 0 spiro atoms. The summed E-state index contributed by atoms with van der Waals surface area (Å²) in [7, 11) is 0. The fourth-order valence-corrected chi connectivity index (χ4v) is 3.33. The normalized spacial score (nSPS) is 14.7. The highest BCUT2D eigenvalue weighted by Crippen LogP contribution is 2.31. The van der Waals surface area contributed by atoms with Crippen molar-refractivity contribution >= 4 is 23.0 Å². The van der Waals surface area contributed by atoms with Crippen LogP contribution < -0.4 is 20.7 Å². The third-order valence-electron chi connectivity index (χ3n) is 5.04. The largest absolute Gasteiger partial charge is 0.457 e. The summed E-state index contributed by atoms with van der Waals surface area (Å²) in [5.41, 5.74) is 7.85. The van der Waals surface area contributed by atoms with E-state index in [0.717, 1.165) is 54.9 Å². The molecule has 1 saturated heterocycles. The van der Waals surface area contributed by atoms with Crippen molar-refractivity contribution in [3.8, 4) is 11.5 Å². The van der Waals surface area contributed by atoms with E-state index in [9.17, 15) is 0 Å². The molecule has 4 rings (SSSR count). The second kappa shape index (κ2) is 8.17. The molecule has 0 radical (unpaired) electrons. The van der Waals surface area contributed by atoms with E-state index in [0.29, 0.717) is 11.5 Å². The van der Waals surface area contributed by atoms with Crippen LogP contribution in [0.15, 0.2) is 60.9 Å². The molecule has 1 aliphatic rings. The van der Waals surface area contributed by atoms with E-state index in [4.69, 9.17) is 10.5 Å². The fourth-order valence-electron chi connectivity index (χ4n) is 3.33. The van der Waals surface area contributed by atoms with Gasteiger partial charge in [-0.15, -0.1) is 0 Å². The molecule has 0 bridgehead atoms. The first-order valence-corrected chi connectivity index (χ1v) is 9.64. The molecule has 1 aromatic heterocycles. The number of hydrogen-bond acceptors (Lipinski definition) is 6. The smallest absolute Gasteiger partial charge is 0.159 e. The van der Waals surface area contributed by atoms with E-state index < -0.39 is 0 Å². The van der Waals surface area contributed by atoms with Crippen molar-refractivity contribution in [3.05, 3.63) is 60.9 Å². The number of benzene rings is 2. The number of hydrogen-bond donors (Lipinski definition) is 2. The van der Waals surface area contributed by atoms with Gasteiger partial charge in [0.1, 0.15) is 23.5 Å². The van der Waals surface area contributed by atoms with Gasteiger partial charge < -0.3 is 20.7 Å². The molecule has 2 heterocycles. The Bertz CT molecular complexity index is 906. The molecule has 0 saturated carbocycles. The summed E-state index contributed by atoms with van der Waals surface area (Å²) in [6.45, 7) is 4.25. The van der Waals surface area contributed by atoms with Gasteiger partial charge in [0, 0.05) is 18.8 Å². The lowest BCUT2D eigenvalue weighted by Crippen LogP contribution is -2.34. The summed E-state index contributed by atoms with van der Waals surface area (Å²) in [6, 6.07) is 17.4. The van der Waals surface area contributed by atoms with Gasteiger partial charge in [-0.1, -0.05) is 25.1 Å². The van der Waals surface area contributed by atoms with Gasteiger partial charge in [0.15, 0.2) is 11.6 Å². The Morgan fingerprint density at radius 3 is 2.36 bits per heavy atom. The van der Waals surface area contributed by atoms with E-state index in [-0.39, 0.29) is 0 Å². The van der Waals surface area contributed by atoms with Crippen molar-refractivity contribution in [3.63, 3.8) is 0 Å². The monoisotopic (exact) mass is 375 g/mol. The first-order chi connectivity index (χ1) is 13.7. The van der Waals surface area contributed by atoms with Gasteiger partial charge >= 0.3 is 0 Å². The molecule has 3 aromatic rings. The predicted molar refractivity (Wildman–Crippen MR) is 113 cm³/mol. The lowest BCUT2D eigenvalue weighted by atomic mass is 9.99. The first kappa shape index (κ1) is 18.1. The minimum Gasteiger partial charge on any atom is -0.457 e. The van der Waals surface area contributed by atoms with Gasteiger partial charge in [0.05, 0.1) is 0 Å². The van der Waals surface area contributed by atoms with Crippen molar-refractivity contribution in [1.29, 1.82) is 0 Å². The molecule has 6 nitrogen and oxygen atoms in total. The maximum absolute atomic E-state index is 6.37. The first-order valence-electron chi connectivity index (χ1n) is 9.64. The molecule has 1 fully saturated rings. The number of anilines is 4. The van der Waals surface area contributed by atoms with Crippen LogP contribution in [-0.2, 0) is 0 Å². The number of ether oxygens (including phenoxy) is 1. The van der Waals surface area contributed by atoms with Crippen molar-refractivity contribution < 1.29 is 4.74 Å². The van der Waals surface area contributed by atoms with Crippen molar-refractivity contribution in [2.75, 3.05) is 29.0 Å². The molecule has 3 N–H and O–H groups in total. The third kappa shape index (κ3) is 4.17. The molecular formula is C22H25N5O. The Balaban J connectivity index is 1.46. The molecule has 0 aliphatic carbocycles. The van der Waals surface area contributed by atoms with Crippen LogP contribution in [0.2, 0.25) is 0 Å². The standard InChI is InChI=1S/C22H25N5O/c1-16-11-13-27(14-12-16)22-20(23)21(24-15-25-22)26-17-7-9-19(10-8-17)28-18-5-3-2-4-6-18/h2-10,15-16H,11-14,23H2,1H3,(H,24,25,26). The van der Waals surface area contributed by atoms with Gasteiger partial charge in [0.25, 0.3) is 0 Å². The average Bonchev–Trinajstić information content (AvgIpc) is 2.73. The van der Waals surface area contributed by atoms with Gasteiger partial charge in [-0.05, 0) is 55.2 Å². The molecule has 0 unspecified atom stereocenters. The zero-order valence-electron chi connectivity index (χ0n) is 16.0. The summed E-state index contributed by atoms with van der Waals surface area (Å²) in [6.07, 6.45) is 3.89. The van der Waals surface area contributed by atoms with E-state index in [2.05, 4.69) is 27.1 Å². The Morgan fingerprint density at radius 2 is 1.64 bits per heavy atom. The van der Waals surface area contributed by atoms with Gasteiger partial charge in [0.2, 0.25) is 0 Å². The minimum atomic E-state index is 0.585. The second-order valence-corrected chi connectivity index (χ2v) is 7.19. The Morgan fingerprint density at radius 1 is 0.964 bits per heavy atom. The zero-order valence-corrected chi connectivity index (χ0v) is 16.0. The quantitative estimate of drug-likeness (QED) is 0.665. The van der Waals surface area contributed by atoms with Gasteiger partial charge in [-0.3, -0.25) is 0 Å². The number of rotatable bonds is 5. The van der Waals surface area contributed by atoms with Crippen LogP contribution in [-0.4, -0.2) is 23.1 Å². The number of nitrogens with zero attached hydrogens (tertiary/aromatic N) is 3. The number of nitrogens with two attached hydrogens (primary N) is 1. The Labute approximate surface area is 165 Å². The molecule has 6 heteroatoms. The number of para-hydroxylation sites is 1. The maximum atomic E-state index is 6.37. The Hall–Kier alpha value is -3.28.